The van der Waals surface area contributed by atoms with Crippen molar-refractivity contribution in [2.45, 2.75) is 10.3 Å². The van der Waals surface area contributed by atoms with Gasteiger partial charge in [-0.25, -0.2) is 19.9 Å². The van der Waals surface area contributed by atoms with E-state index < -0.39 is 0 Å². The third kappa shape index (κ3) is 4.53. The van der Waals surface area contributed by atoms with Crippen molar-refractivity contribution in [3.8, 4) is 0 Å². The van der Waals surface area contributed by atoms with Crippen LogP contribution in [0.2, 0.25) is 0 Å². The first-order chi connectivity index (χ1) is 6.95. The van der Waals surface area contributed by atoms with E-state index in [0.717, 1.165) is 0 Å². The lowest BCUT2D eigenvalue weighted by Crippen LogP contribution is -1.83. The average molecular weight is 258 g/mol. The molecule has 2 aromatic rings. The van der Waals surface area contributed by atoms with E-state index in [-0.39, 0.29) is 11.0 Å². The van der Waals surface area contributed by atoms with E-state index >= 15 is 0 Å². The predicted octanol–water partition coefficient (Wildman–Crippen LogP) is 0.417. The molecule has 0 aliphatic heterocycles. The number of nitrogens with zero attached hydrogens (tertiary/aromatic N) is 4. The zero-order valence-corrected chi connectivity index (χ0v) is 9.70. The van der Waals surface area contributed by atoms with Crippen LogP contribution in [0.1, 0.15) is 0 Å². The van der Waals surface area contributed by atoms with Crippen LogP contribution >= 0.6 is 21.6 Å². The van der Waals surface area contributed by atoms with Crippen molar-refractivity contribution in [1.29, 1.82) is 0 Å². The first-order valence-electron chi connectivity index (χ1n) is 3.84. The zero-order chi connectivity index (χ0) is 9.64. The van der Waals surface area contributed by atoms with Crippen LogP contribution in [-0.2, 0) is 0 Å². The standard InChI is InChI=1S/C8H6N4S2.2H2O/c1-3-9-7(10-4-1)13-14-8-11-5-2-6-12-8;;/h1-6H;2*1H2. The Morgan fingerprint density at radius 1 is 0.625 bits per heavy atom. The Balaban J connectivity index is 0.00000112. The minimum Gasteiger partial charge on any atom is -0.412 e. The lowest BCUT2D eigenvalue weighted by atomic mass is 10.7. The van der Waals surface area contributed by atoms with Crippen molar-refractivity contribution < 1.29 is 11.0 Å². The number of rotatable bonds is 3. The van der Waals surface area contributed by atoms with E-state index in [2.05, 4.69) is 19.9 Å². The highest BCUT2D eigenvalue weighted by Gasteiger charge is 1.99. The first kappa shape index (κ1) is 14.8. The van der Waals surface area contributed by atoms with Crippen LogP contribution < -0.4 is 0 Å². The molecule has 16 heavy (non-hydrogen) atoms. The molecule has 0 radical (unpaired) electrons. The molecule has 2 heterocycles. The maximum atomic E-state index is 4.07. The third-order valence-electron chi connectivity index (χ3n) is 1.27. The summed E-state index contributed by atoms with van der Waals surface area (Å²) in [6.07, 6.45) is 6.84. The molecular weight excluding hydrogens is 248 g/mol. The summed E-state index contributed by atoms with van der Waals surface area (Å²) < 4.78 is 0. The summed E-state index contributed by atoms with van der Waals surface area (Å²) in [7, 11) is 2.89. The lowest BCUT2D eigenvalue weighted by molar-refractivity contribution is 0.823. The third-order valence-corrected chi connectivity index (χ3v) is 3.22. The van der Waals surface area contributed by atoms with Gasteiger partial charge >= 0.3 is 0 Å². The average Bonchev–Trinajstić information content (AvgIpc) is 2.29. The SMILES string of the molecule is O.O.c1cnc(SSc2ncccn2)nc1. The van der Waals surface area contributed by atoms with E-state index in [0.29, 0.717) is 10.3 Å². The quantitative estimate of drug-likeness (QED) is 0.582. The zero-order valence-electron chi connectivity index (χ0n) is 8.07. The van der Waals surface area contributed by atoms with Crippen molar-refractivity contribution in [2.24, 2.45) is 0 Å². The fraction of sp³-hybridized carbons (Fsp3) is 0. The highest BCUT2D eigenvalue weighted by Crippen LogP contribution is 2.31. The van der Waals surface area contributed by atoms with Gasteiger partial charge in [0, 0.05) is 24.8 Å². The molecule has 0 atom stereocenters. The van der Waals surface area contributed by atoms with E-state index in [1.807, 2.05) is 0 Å². The Morgan fingerprint density at radius 3 is 1.25 bits per heavy atom. The van der Waals surface area contributed by atoms with Gasteiger partial charge in [-0.05, 0) is 33.7 Å². The highest BCUT2D eigenvalue weighted by molar-refractivity contribution is 8.76. The molecule has 86 valence electrons. The summed E-state index contributed by atoms with van der Waals surface area (Å²) in [5.41, 5.74) is 0. The fourth-order valence-corrected chi connectivity index (χ4v) is 2.26. The van der Waals surface area contributed by atoms with Crippen LogP contribution in [0.15, 0.2) is 47.2 Å². The van der Waals surface area contributed by atoms with Crippen molar-refractivity contribution >= 4 is 21.6 Å². The van der Waals surface area contributed by atoms with E-state index in [1.165, 1.54) is 21.6 Å². The lowest BCUT2D eigenvalue weighted by Gasteiger charge is -1.96. The van der Waals surface area contributed by atoms with Crippen LogP contribution in [-0.4, -0.2) is 30.9 Å². The number of hydrogen-bond donors (Lipinski definition) is 0. The van der Waals surface area contributed by atoms with Crippen molar-refractivity contribution in [3.63, 3.8) is 0 Å². The molecule has 0 unspecified atom stereocenters. The maximum absolute atomic E-state index is 4.07. The molecule has 0 fully saturated rings. The predicted molar refractivity (Wildman–Crippen MR) is 63.0 cm³/mol. The fourth-order valence-electron chi connectivity index (χ4n) is 0.731. The largest absolute Gasteiger partial charge is 0.412 e. The Kier molecular flexibility index (Phi) is 7.38. The van der Waals surface area contributed by atoms with Gasteiger partial charge < -0.3 is 11.0 Å². The smallest absolute Gasteiger partial charge is 0.198 e. The Morgan fingerprint density at radius 2 is 0.938 bits per heavy atom. The van der Waals surface area contributed by atoms with Crippen LogP contribution in [0, 0.1) is 0 Å². The van der Waals surface area contributed by atoms with Gasteiger partial charge in [0.15, 0.2) is 10.3 Å². The Labute approximate surface area is 100.0 Å². The van der Waals surface area contributed by atoms with Gasteiger partial charge in [-0.15, -0.1) is 0 Å². The van der Waals surface area contributed by atoms with Crippen LogP contribution in [0.5, 0.6) is 0 Å². The minimum absolute atomic E-state index is 0. The molecule has 0 bridgehead atoms. The van der Waals surface area contributed by atoms with Crippen molar-refractivity contribution in [3.05, 3.63) is 36.9 Å². The molecule has 4 N–H and O–H groups in total. The molecule has 0 saturated carbocycles. The first-order valence-corrected chi connectivity index (χ1v) is 5.99. The summed E-state index contributed by atoms with van der Waals surface area (Å²) in [6, 6.07) is 3.57. The van der Waals surface area contributed by atoms with Gasteiger partial charge in [0.1, 0.15) is 0 Å². The van der Waals surface area contributed by atoms with Gasteiger partial charge in [-0.3, -0.25) is 0 Å². The summed E-state index contributed by atoms with van der Waals surface area (Å²) in [6.45, 7) is 0. The molecule has 2 rings (SSSR count). The van der Waals surface area contributed by atoms with Crippen LogP contribution in [0.3, 0.4) is 0 Å². The monoisotopic (exact) mass is 258 g/mol. The molecule has 8 heteroatoms. The van der Waals surface area contributed by atoms with E-state index in [9.17, 15) is 0 Å². The number of aromatic nitrogens is 4. The van der Waals surface area contributed by atoms with Crippen LogP contribution in [0.25, 0.3) is 0 Å². The second-order valence-electron chi connectivity index (χ2n) is 2.23. The molecule has 0 saturated heterocycles. The highest BCUT2D eigenvalue weighted by atomic mass is 33.1. The normalized spacial score (nSPS) is 8.75. The molecule has 6 nitrogen and oxygen atoms in total. The Hall–Kier alpha value is -1.22. The summed E-state index contributed by atoms with van der Waals surface area (Å²) in [5, 5.41) is 1.43. The molecule has 2 aromatic heterocycles. The topological polar surface area (TPSA) is 115 Å². The molecule has 0 aliphatic carbocycles. The number of hydrogen-bond acceptors (Lipinski definition) is 6. The molecule has 0 aromatic carbocycles. The molecule has 0 spiro atoms. The molecular formula is C8H10N4O2S2. The summed E-state index contributed by atoms with van der Waals surface area (Å²) in [5.74, 6) is 0. The molecule has 0 aliphatic rings. The van der Waals surface area contributed by atoms with Gasteiger partial charge in [0.2, 0.25) is 0 Å². The van der Waals surface area contributed by atoms with Crippen molar-refractivity contribution in [2.75, 3.05) is 0 Å². The maximum Gasteiger partial charge on any atom is 0.198 e. The van der Waals surface area contributed by atoms with Gasteiger partial charge in [0.25, 0.3) is 0 Å². The summed E-state index contributed by atoms with van der Waals surface area (Å²) >= 11 is 0. The summed E-state index contributed by atoms with van der Waals surface area (Å²) in [4.78, 5) is 16.3. The van der Waals surface area contributed by atoms with Crippen LogP contribution in [0.4, 0.5) is 0 Å². The van der Waals surface area contributed by atoms with Crippen molar-refractivity contribution in [1.82, 2.24) is 19.9 Å². The second kappa shape index (κ2) is 7.99. The molecule has 0 amide bonds. The van der Waals surface area contributed by atoms with Gasteiger partial charge in [0.05, 0.1) is 0 Å². The Bertz CT molecular complexity index is 350. The second-order valence-corrected chi connectivity index (χ2v) is 4.29. The van der Waals surface area contributed by atoms with E-state index in [4.69, 9.17) is 0 Å². The van der Waals surface area contributed by atoms with Gasteiger partial charge in [-0.2, -0.15) is 0 Å². The minimum atomic E-state index is 0. The van der Waals surface area contributed by atoms with E-state index in [1.54, 1.807) is 36.9 Å². The van der Waals surface area contributed by atoms with Gasteiger partial charge in [-0.1, -0.05) is 0 Å².